The van der Waals surface area contributed by atoms with Crippen LogP contribution >= 0.6 is 22.7 Å². The summed E-state index contributed by atoms with van der Waals surface area (Å²) in [6.45, 7) is 5.39. The van der Waals surface area contributed by atoms with Gasteiger partial charge in [0.15, 0.2) is 0 Å². The summed E-state index contributed by atoms with van der Waals surface area (Å²) in [5.41, 5.74) is 0.191. The number of carboxylic acid groups (broad SMARTS) is 1. The molecular formula is C28H28F2N2O2S2. The molecule has 0 spiro atoms. The van der Waals surface area contributed by atoms with E-state index in [0.29, 0.717) is 23.5 Å². The zero-order valence-electron chi connectivity index (χ0n) is 20.3. The fraction of sp³-hybridized carbons (Fsp3) is 0.286. The first-order valence-corrected chi connectivity index (χ1v) is 13.5. The molecule has 0 radical (unpaired) electrons. The molecule has 0 aliphatic heterocycles. The minimum atomic E-state index is -1.26. The van der Waals surface area contributed by atoms with E-state index in [4.69, 9.17) is 10.4 Å². The van der Waals surface area contributed by atoms with Crippen molar-refractivity contribution in [1.29, 1.82) is 5.26 Å². The highest BCUT2D eigenvalue weighted by Gasteiger charge is 2.17. The van der Waals surface area contributed by atoms with Crippen molar-refractivity contribution in [3.63, 3.8) is 0 Å². The number of hydrogen-bond acceptors (Lipinski definition) is 5. The third-order valence-electron chi connectivity index (χ3n) is 5.49. The van der Waals surface area contributed by atoms with Crippen LogP contribution in [0.3, 0.4) is 0 Å². The summed E-state index contributed by atoms with van der Waals surface area (Å²) in [6, 6.07) is 11.9. The van der Waals surface area contributed by atoms with Crippen molar-refractivity contribution in [2.24, 2.45) is 0 Å². The standard InChI is InChI=1S/C28H28F2N2O2S2/c1-3-5-13-32(14-6-4-2)27-23(29)15-19(16-24(27)30)7-8-21-9-11-25(35-21)26-12-10-22(36-26)17-20(18-31)28(33)34/h7-12,15-17H,3-6,13-14H2,1-2H3,(H,33,34)/b8-7+,20-17?. The molecule has 1 N–H and O–H groups in total. The minimum Gasteiger partial charge on any atom is -0.477 e. The number of aliphatic carboxylic acids is 1. The number of rotatable bonds is 12. The van der Waals surface area contributed by atoms with Crippen LogP contribution in [0.5, 0.6) is 0 Å². The van der Waals surface area contributed by atoms with Gasteiger partial charge in [-0.1, -0.05) is 32.8 Å². The number of unbranched alkanes of at least 4 members (excludes halogenated alkanes) is 2. The Labute approximate surface area is 218 Å². The van der Waals surface area contributed by atoms with Gasteiger partial charge in [0.1, 0.15) is 29.0 Å². The van der Waals surface area contributed by atoms with E-state index in [9.17, 15) is 13.6 Å². The molecule has 0 aliphatic carbocycles. The second kappa shape index (κ2) is 13.1. The molecule has 36 heavy (non-hydrogen) atoms. The molecule has 0 amide bonds. The summed E-state index contributed by atoms with van der Waals surface area (Å²) < 4.78 is 29.9. The van der Waals surface area contributed by atoms with Gasteiger partial charge >= 0.3 is 5.97 Å². The number of carbonyl (C=O) groups is 1. The number of thiophene rings is 2. The van der Waals surface area contributed by atoms with Crippen molar-refractivity contribution in [2.45, 2.75) is 39.5 Å². The Balaban J connectivity index is 1.77. The lowest BCUT2D eigenvalue weighted by molar-refractivity contribution is -0.132. The Morgan fingerprint density at radius 2 is 1.53 bits per heavy atom. The van der Waals surface area contributed by atoms with Gasteiger partial charge in [0, 0.05) is 32.6 Å². The van der Waals surface area contributed by atoms with Crippen LogP contribution in [0.1, 0.15) is 54.8 Å². The molecular weight excluding hydrogens is 498 g/mol. The van der Waals surface area contributed by atoms with E-state index in [1.807, 2.05) is 29.2 Å². The Hall–Kier alpha value is -3.28. The number of nitrogens with zero attached hydrogens (tertiary/aromatic N) is 2. The number of benzene rings is 1. The summed E-state index contributed by atoms with van der Waals surface area (Å²) in [5.74, 6) is -2.36. The van der Waals surface area contributed by atoms with Crippen LogP contribution in [0.15, 0.2) is 42.0 Å². The fourth-order valence-corrected chi connectivity index (χ4v) is 5.57. The molecule has 0 atom stereocenters. The van der Waals surface area contributed by atoms with Crippen molar-refractivity contribution < 1.29 is 18.7 Å². The number of nitriles is 1. The first-order chi connectivity index (χ1) is 17.4. The molecule has 4 nitrogen and oxygen atoms in total. The van der Waals surface area contributed by atoms with Crippen molar-refractivity contribution in [3.8, 4) is 15.8 Å². The summed E-state index contributed by atoms with van der Waals surface area (Å²) in [5, 5.41) is 18.0. The van der Waals surface area contributed by atoms with Crippen LogP contribution in [-0.4, -0.2) is 24.2 Å². The van der Waals surface area contributed by atoms with E-state index in [2.05, 4.69) is 13.8 Å². The van der Waals surface area contributed by atoms with Crippen LogP contribution in [-0.2, 0) is 4.79 Å². The monoisotopic (exact) mass is 526 g/mol. The zero-order valence-corrected chi connectivity index (χ0v) is 21.9. The Morgan fingerprint density at radius 1 is 0.972 bits per heavy atom. The van der Waals surface area contributed by atoms with Crippen LogP contribution < -0.4 is 4.90 Å². The lowest BCUT2D eigenvalue weighted by Crippen LogP contribution is -2.27. The van der Waals surface area contributed by atoms with Crippen LogP contribution in [0.4, 0.5) is 14.5 Å². The van der Waals surface area contributed by atoms with Crippen LogP contribution in [0.25, 0.3) is 28.0 Å². The lowest BCUT2D eigenvalue weighted by Gasteiger charge is -2.25. The van der Waals surface area contributed by atoms with Gasteiger partial charge in [-0.25, -0.2) is 13.6 Å². The maximum absolute atomic E-state index is 15.0. The molecule has 0 saturated heterocycles. The molecule has 0 aliphatic rings. The average molecular weight is 527 g/mol. The predicted molar refractivity (Wildman–Crippen MR) is 146 cm³/mol. The van der Waals surface area contributed by atoms with E-state index >= 15 is 0 Å². The quantitative estimate of drug-likeness (QED) is 0.190. The van der Waals surface area contributed by atoms with Gasteiger partial charge in [-0.05, 0) is 67.0 Å². The SMILES string of the molecule is CCCCN(CCCC)c1c(F)cc(/C=C/c2ccc(-c3ccc(C=C(C#N)C(=O)O)s3)s2)cc1F. The number of carboxylic acids is 1. The molecule has 8 heteroatoms. The first-order valence-electron chi connectivity index (χ1n) is 11.8. The van der Waals surface area contributed by atoms with E-state index in [-0.39, 0.29) is 11.3 Å². The van der Waals surface area contributed by atoms with Gasteiger partial charge in [0.2, 0.25) is 0 Å². The van der Waals surface area contributed by atoms with Gasteiger partial charge in [-0.3, -0.25) is 0 Å². The van der Waals surface area contributed by atoms with E-state index in [0.717, 1.165) is 40.3 Å². The number of halogens is 2. The summed E-state index contributed by atoms with van der Waals surface area (Å²) in [7, 11) is 0. The highest BCUT2D eigenvalue weighted by Crippen LogP contribution is 2.35. The molecule has 3 aromatic rings. The van der Waals surface area contributed by atoms with Crippen molar-refractivity contribution in [1.82, 2.24) is 0 Å². The van der Waals surface area contributed by atoms with E-state index in [1.165, 1.54) is 40.9 Å². The van der Waals surface area contributed by atoms with Gasteiger partial charge in [-0.15, -0.1) is 22.7 Å². The fourth-order valence-electron chi connectivity index (χ4n) is 3.62. The first kappa shape index (κ1) is 27.3. The van der Waals surface area contributed by atoms with Crippen LogP contribution in [0, 0.1) is 23.0 Å². The number of hydrogen-bond donors (Lipinski definition) is 1. The molecule has 3 rings (SSSR count). The molecule has 1 aromatic carbocycles. The maximum Gasteiger partial charge on any atom is 0.346 e. The molecule has 0 unspecified atom stereocenters. The summed E-state index contributed by atoms with van der Waals surface area (Å²) in [6.07, 6.45) is 8.55. The van der Waals surface area contributed by atoms with Gasteiger partial charge in [0.05, 0.1) is 0 Å². The topological polar surface area (TPSA) is 64.3 Å². The third kappa shape index (κ3) is 7.12. The minimum absolute atomic E-state index is 0.0532. The lowest BCUT2D eigenvalue weighted by atomic mass is 10.1. The van der Waals surface area contributed by atoms with E-state index < -0.39 is 17.6 Å². The highest BCUT2D eigenvalue weighted by atomic mass is 32.1. The molecule has 188 valence electrons. The third-order valence-corrected chi connectivity index (χ3v) is 7.77. The average Bonchev–Trinajstić information content (AvgIpc) is 3.51. The second-order valence-electron chi connectivity index (χ2n) is 8.24. The Bertz CT molecular complexity index is 1270. The molecule has 0 fully saturated rings. The zero-order chi connectivity index (χ0) is 26.1. The Morgan fingerprint density at radius 3 is 2.06 bits per heavy atom. The number of anilines is 1. The van der Waals surface area contributed by atoms with Gasteiger partial charge in [0.25, 0.3) is 0 Å². The Kier molecular flexibility index (Phi) is 9.97. The normalized spacial score (nSPS) is 11.7. The largest absolute Gasteiger partial charge is 0.477 e. The van der Waals surface area contributed by atoms with Crippen molar-refractivity contribution >= 4 is 52.6 Å². The van der Waals surface area contributed by atoms with Crippen molar-refractivity contribution in [3.05, 3.63) is 68.9 Å². The predicted octanol–water partition coefficient (Wildman–Crippen LogP) is 8.32. The van der Waals surface area contributed by atoms with Crippen LogP contribution in [0.2, 0.25) is 0 Å². The van der Waals surface area contributed by atoms with E-state index in [1.54, 1.807) is 18.2 Å². The molecule has 2 heterocycles. The summed E-state index contributed by atoms with van der Waals surface area (Å²) in [4.78, 5) is 16.4. The van der Waals surface area contributed by atoms with Gasteiger partial charge in [-0.2, -0.15) is 5.26 Å². The molecule has 0 saturated carbocycles. The smallest absolute Gasteiger partial charge is 0.346 e. The second-order valence-corrected chi connectivity index (χ2v) is 10.5. The van der Waals surface area contributed by atoms with Crippen molar-refractivity contribution in [2.75, 3.05) is 18.0 Å². The molecule has 2 aromatic heterocycles. The maximum atomic E-state index is 15.0. The molecule has 0 bridgehead atoms. The highest BCUT2D eigenvalue weighted by molar-refractivity contribution is 7.23. The summed E-state index contributed by atoms with van der Waals surface area (Å²) >= 11 is 2.90. The van der Waals surface area contributed by atoms with Gasteiger partial charge < -0.3 is 10.0 Å².